The van der Waals surface area contributed by atoms with Gasteiger partial charge in [0.15, 0.2) is 5.78 Å². The molecule has 1 fully saturated rings. The van der Waals surface area contributed by atoms with Gasteiger partial charge in [-0.15, -0.1) is 0 Å². The van der Waals surface area contributed by atoms with Crippen LogP contribution in [0.1, 0.15) is 48.5 Å². The summed E-state index contributed by atoms with van der Waals surface area (Å²) >= 11 is 3.51. The number of hydrogen-bond donors (Lipinski definition) is 0. The number of rotatable bonds is 2. The van der Waals surface area contributed by atoms with Gasteiger partial charge in [0.05, 0.1) is 0 Å². The molecule has 0 atom stereocenters. The molecule has 1 aliphatic rings. The first-order chi connectivity index (χ1) is 8.08. The molecule has 1 aliphatic carbocycles. The lowest BCUT2D eigenvalue weighted by Gasteiger charge is -2.25. The Morgan fingerprint density at radius 1 is 1.24 bits per heavy atom. The molecule has 2 rings (SSSR count). The highest BCUT2D eigenvalue weighted by atomic mass is 79.9. The van der Waals surface area contributed by atoms with Crippen molar-refractivity contribution < 1.29 is 4.79 Å². The minimum absolute atomic E-state index is 0.241. The zero-order chi connectivity index (χ0) is 12.4. The molecule has 0 unspecified atom stereocenters. The van der Waals surface area contributed by atoms with Crippen molar-refractivity contribution in [2.24, 2.45) is 11.8 Å². The fraction of sp³-hybridized carbons (Fsp3) is 0.533. The van der Waals surface area contributed by atoms with E-state index in [1.165, 1.54) is 18.4 Å². The second kappa shape index (κ2) is 5.34. The Hall–Kier alpha value is -0.630. The number of ketones is 1. The zero-order valence-corrected chi connectivity index (χ0v) is 12.1. The van der Waals surface area contributed by atoms with Crippen molar-refractivity contribution in [3.8, 4) is 0 Å². The van der Waals surface area contributed by atoms with Crippen LogP contribution in [0.3, 0.4) is 0 Å². The van der Waals surface area contributed by atoms with Gasteiger partial charge in [0.25, 0.3) is 0 Å². The minimum Gasteiger partial charge on any atom is -0.294 e. The summed E-state index contributed by atoms with van der Waals surface area (Å²) in [6.45, 7) is 4.32. The van der Waals surface area contributed by atoms with E-state index in [0.29, 0.717) is 5.78 Å². The van der Waals surface area contributed by atoms with E-state index in [1.54, 1.807) is 0 Å². The van der Waals surface area contributed by atoms with Gasteiger partial charge in [-0.3, -0.25) is 4.79 Å². The number of aryl methyl sites for hydroxylation is 1. The maximum Gasteiger partial charge on any atom is 0.167 e. The highest BCUT2D eigenvalue weighted by Crippen LogP contribution is 2.32. The van der Waals surface area contributed by atoms with Crippen molar-refractivity contribution in [3.05, 3.63) is 33.8 Å². The highest BCUT2D eigenvalue weighted by molar-refractivity contribution is 9.10. The Balaban J connectivity index is 2.14. The second-order valence-electron chi connectivity index (χ2n) is 5.30. The number of Topliss-reactive ketones (excluding diaryl/α,β-unsaturated/α-hetero) is 1. The largest absolute Gasteiger partial charge is 0.294 e. The Morgan fingerprint density at radius 3 is 2.47 bits per heavy atom. The number of benzene rings is 1. The van der Waals surface area contributed by atoms with Crippen LogP contribution in [0.25, 0.3) is 0 Å². The molecular formula is C15H19BrO. The fourth-order valence-electron chi connectivity index (χ4n) is 2.56. The van der Waals surface area contributed by atoms with E-state index in [0.717, 1.165) is 28.8 Å². The molecule has 0 spiro atoms. The lowest BCUT2D eigenvalue weighted by Crippen LogP contribution is -2.21. The van der Waals surface area contributed by atoms with Gasteiger partial charge in [0.1, 0.15) is 0 Å². The number of carbonyl (C=O) groups excluding carboxylic acids is 1. The van der Waals surface area contributed by atoms with E-state index in [1.807, 2.05) is 25.1 Å². The predicted octanol–water partition coefficient (Wildman–Crippen LogP) is 4.77. The van der Waals surface area contributed by atoms with Gasteiger partial charge in [0, 0.05) is 16.0 Å². The van der Waals surface area contributed by atoms with E-state index in [-0.39, 0.29) is 5.92 Å². The summed E-state index contributed by atoms with van der Waals surface area (Å²) in [6.07, 6.45) is 4.50. The van der Waals surface area contributed by atoms with E-state index in [2.05, 4.69) is 22.9 Å². The van der Waals surface area contributed by atoms with Crippen LogP contribution in [0.15, 0.2) is 22.7 Å². The summed E-state index contributed by atoms with van der Waals surface area (Å²) in [5.41, 5.74) is 2.04. The van der Waals surface area contributed by atoms with Gasteiger partial charge in [-0.25, -0.2) is 0 Å². The van der Waals surface area contributed by atoms with Crippen LogP contribution in [-0.2, 0) is 0 Å². The van der Waals surface area contributed by atoms with Crippen molar-refractivity contribution >= 4 is 21.7 Å². The third kappa shape index (κ3) is 2.98. The monoisotopic (exact) mass is 294 g/mol. The number of halogens is 1. The van der Waals surface area contributed by atoms with Crippen molar-refractivity contribution in [1.82, 2.24) is 0 Å². The van der Waals surface area contributed by atoms with Crippen LogP contribution in [0.4, 0.5) is 0 Å². The summed E-state index contributed by atoms with van der Waals surface area (Å²) < 4.78 is 0.945. The summed E-state index contributed by atoms with van der Waals surface area (Å²) in [5, 5.41) is 0. The summed E-state index contributed by atoms with van der Waals surface area (Å²) in [4.78, 5) is 12.4. The maximum absolute atomic E-state index is 12.4. The van der Waals surface area contributed by atoms with E-state index >= 15 is 0 Å². The van der Waals surface area contributed by atoms with Crippen LogP contribution in [0.5, 0.6) is 0 Å². The van der Waals surface area contributed by atoms with Crippen molar-refractivity contribution in [1.29, 1.82) is 0 Å². The topological polar surface area (TPSA) is 17.1 Å². The lowest BCUT2D eigenvalue weighted by atomic mass is 9.79. The SMILES string of the molecule is Cc1ccc(C(=O)C2CCC(C)CC2)c(Br)c1. The molecule has 0 N–H and O–H groups in total. The van der Waals surface area contributed by atoms with Crippen LogP contribution < -0.4 is 0 Å². The average Bonchev–Trinajstić information content (AvgIpc) is 2.29. The summed E-state index contributed by atoms with van der Waals surface area (Å²) in [7, 11) is 0. The molecule has 92 valence electrons. The maximum atomic E-state index is 12.4. The molecule has 0 amide bonds. The van der Waals surface area contributed by atoms with E-state index < -0.39 is 0 Å². The third-order valence-corrected chi connectivity index (χ3v) is 4.43. The summed E-state index contributed by atoms with van der Waals surface area (Å²) in [6, 6.07) is 6.00. The molecule has 2 heteroatoms. The van der Waals surface area contributed by atoms with Gasteiger partial charge < -0.3 is 0 Å². The second-order valence-corrected chi connectivity index (χ2v) is 6.16. The van der Waals surface area contributed by atoms with Crippen LogP contribution in [-0.4, -0.2) is 5.78 Å². The zero-order valence-electron chi connectivity index (χ0n) is 10.5. The Morgan fingerprint density at radius 2 is 1.88 bits per heavy atom. The lowest BCUT2D eigenvalue weighted by molar-refractivity contribution is 0.0875. The Bertz CT molecular complexity index is 417. The molecule has 0 radical (unpaired) electrons. The third-order valence-electron chi connectivity index (χ3n) is 3.78. The summed E-state index contributed by atoms with van der Waals surface area (Å²) in [5.74, 6) is 1.36. The quantitative estimate of drug-likeness (QED) is 0.718. The standard InChI is InChI=1S/C15H19BrO/c1-10-3-6-12(7-4-10)15(17)13-8-5-11(2)9-14(13)16/h5,8-10,12H,3-4,6-7H2,1-2H3. The predicted molar refractivity (Wildman–Crippen MR) is 74.3 cm³/mol. The van der Waals surface area contributed by atoms with Crippen LogP contribution in [0.2, 0.25) is 0 Å². The van der Waals surface area contributed by atoms with Gasteiger partial charge in [0.2, 0.25) is 0 Å². The smallest absolute Gasteiger partial charge is 0.167 e. The molecule has 1 aromatic carbocycles. The number of hydrogen-bond acceptors (Lipinski definition) is 1. The molecular weight excluding hydrogens is 276 g/mol. The molecule has 1 saturated carbocycles. The average molecular weight is 295 g/mol. The molecule has 0 heterocycles. The minimum atomic E-state index is 0.241. The first kappa shape index (κ1) is 12.8. The van der Waals surface area contributed by atoms with E-state index in [9.17, 15) is 4.79 Å². The van der Waals surface area contributed by atoms with Gasteiger partial charge in [-0.2, -0.15) is 0 Å². The molecule has 1 aromatic rings. The first-order valence-corrected chi connectivity index (χ1v) is 7.17. The highest BCUT2D eigenvalue weighted by Gasteiger charge is 2.26. The Kier molecular flexibility index (Phi) is 4.03. The fourth-order valence-corrected chi connectivity index (χ4v) is 3.25. The normalized spacial score (nSPS) is 24.6. The molecule has 17 heavy (non-hydrogen) atoms. The van der Waals surface area contributed by atoms with Crippen LogP contribution >= 0.6 is 15.9 Å². The van der Waals surface area contributed by atoms with Crippen LogP contribution in [0, 0.1) is 18.8 Å². The van der Waals surface area contributed by atoms with E-state index in [4.69, 9.17) is 0 Å². The van der Waals surface area contributed by atoms with Gasteiger partial charge >= 0.3 is 0 Å². The molecule has 0 saturated heterocycles. The first-order valence-electron chi connectivity index (χ1n) is 6.38. The molecule has 0 aliphatic heterocycles. The van der Waals surface area contributed by atoms with Gasteiger partial charge in [-0.05, 0) is 43.4 Å². The molecule has 0 bridgehead atoms. The molecule has 1 nitrogen and oxygen atoms in total. The van der Waals surface area contributed by atoms with Crippen molar-refractivity contribution in [2.45, 2.75) is 39.5 Å². The Labute approximate surface area is 112 Å². The van der Waals surface area contributed by atoms with Crippen molar-refractivity contribution in [3.63, 3.8) is 0 Å². The van der Waals surface area contributed by atoms with Crippen molar-refractivity contribution in [2.75, 3.05) is 0 Å². The number of carbonyl (C=O) groups is 1. The molecule has 0 aromatic heterocycles. The van der Waals surface area contributed by atoms with Gasteiger partial charge in [-0.1, -0.05) is 41.8 Å².